The summed E-state index contributed by atoms with van der Waals surface area (Å²) in [6.45, 7) is 4.22. The van der Waals surface area contributed by atoms with Gasteiger partial charge in [0.2, 0.25) is 5.89 Å². The summed E-state index contributed by atoms with van der Waals surface area (Å²) < 4.78 is 28.5. The second kappa shape index (κ2) is 7.55. The molecule has 1 heterocycles. The van der Waals surface area contributed by atoms with Crippen LogP contribution in [0.1, 0.15) is 31.1 Å². The zero-order chi connectivity index (χ0) is 15.1. The van der Waals surface area contributed by atoms with Gasteiger partial charge in [-0.1, -0.05) is 30.3 Å². The summed E-state index contributed by atoms with van der Waals surface area (Å²) in [7, 11) is -3.17. The Labute approximate surface area is 124 Å². The third kappa shape index (κ3) is 4.81. The van der Waals surface area contributed by atoms with E-state index in [1.807, 2.05) is 30.3 Å². The molecule has 5 nitrogen and oxygen atoms in total. The monoisotopic (exact) mass is 309 g/mol. The third-order valence-corrected chi connectivity index (χ3v) is 4.76. The van der Waals surface area contributed by atoms with Gasteiger partial charge in [-0.2, -0.15) is 0 Å². The van der Waals surface area contributed by atoms with Crippen LogP contribution in [-0.4, -0.2) is 18.2 Å². The number of oxazole rings is 1. The second-order valence-corrected chi connectivity index (χ2v) is 6.54. The van der Waals surface area contributed by atoms with Gasteiger partial charge in [-0.05, 0) is 19.4 Å². The molecule has 0 spiro atoms. The molecule has 0 saturated carbocycles. The highest BCUT2D eigenvalue weighted by Gasteiger charge is 2.26. The lowest BCUT2D eigenvalue weighted by atomic mass is 10.1. The van der Waals surface area contributed by atoms with Crippen molar-refractivity contribution in [2.45, 2.75) is 26.4 Å². The molecule has 0 aliphatic rings. The lowest BCUT2D eigenvalue weighted by Gasteiger charge is -2.14. The zero-order valence-electron chi connectivity index (χ0n) is 12.3. The SMILES string of the molecule is CCOP(=O)(Cc1ncc(Cc2ccccc2)o1)OCC. The minimum absolute atomic E-state index is 0.0590. The van der Waals surface area contributed by atoms with Gasteiger partial charge in [-0.3, -0.25) is 4.57 Å². The van der Waals surface area contributed by atoms with Crippen LogP contribution in [0.15, 0.2) is 40.9 Å². The molecule has 1 aromatic carbocycles. The Hall–Kier alpha value is -1.42. The van der Waals surface area contributed by atoms with E-state index in [1.165, 1.54) is 0 Å². The van der Waals surface area contributed by atoms with Crippen molar-refractivity contribution in [1.29, 1.82) is 0 Å². The molecule has 114 valence electrons. The van der Waals surface area contributed by atoms with Gasteiger partial charge in [0.25, 0.3) is 0 Å². The summed E-state index contributed by atoms with van der Waals surface area (Å²) in [5, 5.41) is 0. The summed E-state index contributed by atoms with van der Waals surface area (Å²) >= 11 is 0. The summed E-state index contributed by atoms with van der Waals surface area (Å²) in [6.07, 6.45) is 2.37. The molecule has 0 atom stereocenters. The predicted molar refractivity (Wildman–Crippen MR) is 80.3 cm³/mol. The molecule has 0 bridgehead atoms. The lowest BCUT2D eigenvalue weighted by Crippen LogP contribution is -1.99. The van der Waals surface area contributed by atoms with Gasteiger partial charge >= 0.3 is 7.60 Å². The second-order valence-electron chi connectivity index (χ2n) is 4.49. The standard InChI is InChI=1S/C15H20NO4P/c1-3-18-21(17,19-4-2)12-15-16-11-14(20-15)10-13-8-6-5-7-9-13/h5-9,11H,3-4,10,12H2,1-2H3. The van der Waals surface area contributed by atoms with Gasteiger partial charge in [0.15, 0.2) is 0 Å². The Morgan fingerprint density at radius 1 is 1.14 bits per heavy atom. The maximum atomic E-state index is 12.4. The molecule has 0 aliphatic heterocycles. The first-order chi connectivity index (χ1) is 10.1. The van der Waals surface area contributed by atoms with Crippen LogP contribution in [0.3, 0.4) is 0 Å². The van der Waals surface area contributed by atoms with Gasteiger partial charge in [-0.15, -0.1) is 0 Å². The average Bonchev–Trinajstić information content (AvgIpc) is 2.87. The van der Waals surface area contributed by atoms with Gasteiger partial charge in [-0.25, -0.2) is 4.98 Å². The Bertz CT molecular complexity index is 587. The highest BCUT2D eigenvalue weighted by molar-refractivity contribution is 7.52. The maximum absolute atomic E-state index is 12.4. The van der Waals surface area contributed by atoms with Crippen molar-refractivity contribution in [3.63, 3.8) is 0 Å². The van der Waals surface area contributed by atoms with E-state index in [0.717, 1.165) is 11.3 Å². The molecular weight excluding hydrogens is 289 g/mol. The number of rotatable bonds is 8. The highest BCUT2D eigenvalue weighted by Crippen LogP contribution is 2.51. The highest BCUT2D eigenvalue weighted by atomic mass is 31.2. The topological polar surface area (TPSA) is 61.6 Å². The van der Waals surface area contributed by atoms with Gasteiger partial charge < -0.3 is 13.5 Å². The van der Waals surface area contributed by atoms with Gasteiger partial charge in [0.1, 0.15) is 11.9 Å². The minimum atomic E-state index is -3.17. The van der Waals surface area contributed by atoms with Crippen molar-refractivity contribution in [3.8, 4) is 0 Å². The fourth-order valence-electron chi connectivity index (χ4n) is 1.99. The number of hydrogen-bond donors (Lipinski definition) is 0. The fraction of sp³-hybridized carbons (Fsp3) is 0.400. The van der Waals surface area contributed by atoms with E-state index in [4.69, 9.17) is 13.5 Å². The Balaban J connectivity index is 2.04. The number of nitrogens with zero attached hydrogens (tertiary/aromatic N) is 1. The van der Waals surface area contributed by atoms with Crippen molar-refractivity contribution < 1.29 is 18.0 Å². The molecule has 2 rings (SSSR count). The molecule has 21 heavy (non-hydrogen) atoms. The largest absolute Gasteiger partial charge is 0.445 e. The first-order valence-corrected chi connectivity index (χ1v) is 8.73. The normalized spacial score (nSPS) is 11.7. The number of aromatic nitrogens is 1. The van der Waals surface area contributed by atoms with Gasteiger partial charge in [0.05, 0.1) is 19.4 Å². The minimum Gasteiger partial charge on any atom is -0.445 e. The van der Waals surface area contributed by atoms with Crippen molar-refractivity contribution >= 4 is 7.60 Å². The van der Waals surface area contributed by atoms with E-state index in [0.29, 0.717) is 25.5 Å². The summed E-state index contributed by atoms with van der Waals surface area (Å²) in [5.74, 6) is 1.11. The van der Waals surface area contributed by atoms with Crippen molar-refractivity contribution in [2.75, 3.05) is 13.2 Å². The Morgan fingerprint density at radius 2 is 1.81 bits per heavy atom. The van der Waals surface area contributed by atoms with Crippen LogP contribution in [0.4, 0.5) is 0 Å². The molecule has 0 fully saturated rings. The van der Waals surface area contributed by atoms with E-state index in [1.54, 1.807) is 20.0 Å². The van der Waals surface area contributed by atoms with Crippen LogP contribution < -0.4 is 0 Å². The molecule has 0 aliphatic carbocycles. The first-order valence-electron chi connectivity index (χ1n) is 7.01. The molecule has 0 amide bonds. The Morgan fingerprint density at radius 3 is 2.43 bits per heavy atom. The predicted octanol–water partition coefficient (Wildman–Crippen LogP) is 4.03. The average molecular weight is 309 g/mol. The molecule has 2 aromatic rings. The lowest BCUT2D eigenvalue weighted by molar-refractivity contribution is 0.216. The first kappa shape index (κ1) is 16.0. The fourth-order valence-corrected chi connectivity index (χ4v) is 3.51. The van der Waals surface area contributed by atoms with Crippen LogP contribution in [-0.2, 0) is 26.2 Å². The molecule has 0 N–H and O–H groups in total. The summed E-state index contributed by atoms with van der Waals surface area (Å²) in [5.41, 5.74) is 1.14. The summed E-state index contributed by atoms with van der Waals surface area (Å²) in [6, 6.07) is 9.96. The number of benzene rings is 1. The zero-order valence-corrected chi connectivity index (χ0v) is 13.2. The molecule has 6 heteroatoms. The van der Waals surface area contributed by atoms with E-state index in [2.05, 4.69) is 4.98 Å². The molecule has 1 aromatic heterocycles. The van der Waals surface area contributed by atoms with Crippen LogP contribution >= 0.6 is 7.60 Å². The molecule has 0 unspecified atom stereocenters. The maximum Gasteiger partial charge on any atom is 0.339 e. The number of hydrogen-bond acceptors (Lipinski definition) is 5. The van der Waals surface area contributed by atoms with Crippen LogP contribution in [0.2, 0.25) is 0 Å². The summed E-state index contributed by atoms with van der Waals surface area (Å²) in [4.78, 5) is 4.16. The molecular formula is C15H20NO4P. The third-order valence-electron chi connectivity index (χ3n) is 2.80. The van der Waals surface area contributed by atoms with Crippen molar-refractivity contribution in [3.05, 3.63) is 53.7 Å². The van der Waals surface area contributed by atoms with Crippen LogP contribution in [0, 0.1) is 0 Å². The smallest absolute Gasteiger partial charge is 0.339 e. The molecule has 0 saturated heterocycles. The van der Waals surface area contributed by atoms with Crippen LogP contribution in [0.25, 0.3) is 0 Å². The van der Waals surface area contributed by atoms with Crippen molar-refractivity contribution in [1.82, 2.24) is 4.98 Å². The van der Waals surface area contributed by atoms with Crippen LogP contribution in [0.5, 0.6) is 0 Å². The van der Waals surface area contributed by atoms with E-state index in [9.17, 15) is 4.57 Å². The molecule has 0 radical (unpaired) electrons. The van der Waals surface area contributed by atoms with E-state index < -0.39 is 7.60 Å². The van der Waals surface area contributed by atoms with Gasteiger partial charge in [0, 0.05) is 6.42 Å². The van der Waals surface area contributed by atoms with E-state index >= 15 is 0 Å². The van der Waals surface area contributed by atoms with Crippen molar-refractivity contribution in [2.24, 2.45) is 0 Å². The Kier molecular flexibility index (Phi) is 5.74. The quantitative estimate of drug-likeness (QED) is 0.689. The van der Waals surface area contributed by atoms with E-state index in [-0.39, 0.29) is 6.16 Å².